The lowest BCUT2D eigenvalue weighted by atomic mass is 9.69. The van der Waals surface area contributed by atoms with Crippen LogP contribution in [-0.2, 0) is 9.84 Å². The summed E-state index contributed by atoms with van der Waals surface area (Å²) >= 11 is 0. The lowest BCUT2D eigenvalue weighted by molar-refractivity contribution is 0.142. The van der Waals surface area contributed by atoms with E-state index in [4.69, 9.17) is 0 Å². The van der Waals surface area contributed by atoms with Gasteiger partial charge in [0.15, 0.2) is 0 Å². The van der Waals surface area contributed by atoms with Crippen LogP contribution in [0.4, 0.5) is 0 Å². The van der Waals surface area contributed by atoms with Crippen LogP contribution in [0, 0.1) is 23.7 Å². The normalized spacial score (nSPS) is 27.2. The molecule has 1 fully saturated rings. The van der Waals surface area contributed by atoms with Crippen LogP contribution >= 0.6 is 0 Å². The molecule has 3 unspecified atom stereocenters. The van der Waals surface area contributed by atoms with Crippen LogP contribution in [0.5, 0.6) is 0 Å². The van der Waals surface area contributed by atoms with E-state index in [1.807, 2.05) is 0 Å². The molecule has 0 amide bonds. The molecule has 0 saturated heterocycles. The van der Waals surface area contributed by atoms with Crippen LogP contribution in [0.3, 0.4) is 0 Å². The van der Waals surface area contributed by atoms with Crippen molar-refractivity contribution in [1.29, 1.82) is 0 Å². The zero-order valence-corrected chi connectivity index (χ0v) is 15.2. The van der Waals surface area contributed by atoms with Gasteiger partial charge in [-0.25, -0.2) is 8.42 Å². The van der Waals surface area contributed by atoms with E-state index in [1.54, 1.807) is 6.92 Å². The van der Waals surface area contributed by atoms with Crippen molar-refractivity contribution in [3.8, 4) is 0 Å². The first-order valence-corrected chi connectivity index (χ1v) is 10.6. The zero-order valence-electron chi connectivity index (χ0n) is 14.4. The first kappa shape index (κ1) is 19.0. The van der Waals surface area contributed by atoms with Gasteiger partial charge in [0.1, 0.15) is 9.84 Å². The standard InChI is InChI=1S/C17H35NO2S/c1-5-10-18-13-17-8-7-15(14(3)4)12-16(17)9-11-21(19,20)6-2/h14-18H,5-13H2,1-4H3. The van der Waals surface area contributed by atoms with Gasteiger partial charge in [-0.3, -0.25) is 0 Å². The molecule has 1 saturated carbocycles. The number of hydrogen-bond acceptors (Lipinski definition) is 3. The smallest absolute Gasteiger partial charge is 0.150 e. The predicted octanol–water partition coefficient (Wildman–Crippen LogP) is 3.50. The van der Waals surface area contributed by atoms with Crippen molar-refractivity contribution < 1.29 is 8.42 Å². The van der Waals surface area contributed by atoms with Gasteiger partial charge in [0.25, 0.3) is 0 Å². The second kappa shape index (κ2) is 9.14. The Hall–Kier alpha value is -0.0900. The SMILES string of the molecule is CCCNCC1CCC(C(C)C)CC1CCS(=O)(=O)CC. The molecule has 0 spiro atoms. The fourth-order valence-corrected chi connectivity index (χ4v) is 4.48. The Kier molecular flexibility index (Phi) is 8.25. The van der Waals surface area contributed by atoms with Crippen molar-refractivity contribution in [3.05, 3.63) is 0 Å². The molecule has 4 heteroatoms. The summed E-state index contributed by atoms with van der Waals surface area (Å²) in [7, 11) is -2.83. The van der Waals surface area contributed by atoms with Gasteiger partial charge in [-0.2, -0.15) is 0 Å². The maximum absolute atomic E-state index is 11.8. The van der Waals surface area contributed by atoms with Crippen LogP contribution in [0.25, 0.3) is 0 Å². The molecule has 1 rings (SSSR count). The maximum Gasteiger partial charge on any atom is 0.150 e. The molecular formula is C17H35NO2S. The van der Waals surface area contributed by atoms with Crippen molar-refractivity contribution >= 4 is 9.84 Å². The van der Waals surface area contributed by atoms with Crippen molar-refractivity contribution in [2.24, 2.45) is 23.7 Å². The summed E-state index contributed by atoms with van der Waals surface area (Å²) in [5.74, 6) is 3.41. The quantitative estimate of drug-likeness (QED) is 0.662. The molecular weight excluding hydrogens is 282 g/mol. The third-order valence-corrected chi connectivity index (χ3v) is 6.93. The van der Waals surface area contributed by atoms with E-state index in [2.05, 4.69) is 26.1 Å². The molecule has 0 bridgehead atoms. The summed E-state index contributed by atoms with van der Waals surface area (Å²) in [6.07, 6.45) is 5.81. The Morgan fingerprint density at radius 2 is 1.86 bits per heavy atom. The van der Waals surface area contributed by atoms with Gasteiger partial charge in [-0.15, -0.1) is 0 Å². The largest absolute Gasteiger partial charge is 0.316 e. The molecule has 21 heavy (non-hydrogen) atoms. The summed E-state index contributed by atoms with van der Waals surface area (Å²) < 4.78 is 23.6. The minimum atomic E-state index is -2.83. The predicted molar refractivity (Wildman–Crippen MR) is 91.3 cm³/mol. The van der Waals surface area contributed by atoms with Crippen molar-refractivity contribution in [2.75, 3.05) is 24.6 Å². The summed E-state index contributed by atoms with van der Waals surface area (Å²) in [6.45, 7) is 10.7. The zero-order chi connectivity index (χ0) is 15.9. The Balaban J connectivity index is 2.59. The fourth-order valence-electron chi connectivity index (χ4n) is 3.53. The number of sulfone groups is 1. The minimum absolute atomic E-state index is 0.284. The van der Waals surface area contributed by atoms with Crippen LogP contribution in [-0.4, -0.2) is 33.0 Å². The second-order valence-corrected chi connectivity index (χ2v) is 9.54. The van der Waals surface area contributed by atoms with E-state index in [0.717, 1.165) is 37.8 Å². The monoisotopic (exact) mass is 317 g/mol. The molecule has 0 aromatic heterocycles. The van der Waals surface area contributed by atoms with Crippen molar-refractivity contribution in [1.82, 2.24) is 5.32 Å². The van der Waals surface area contributed by atoms with Gasteiger partial charge >= 0.3 is 0 Å². The number of rotatable bonds is 9. The Labute approximate surface area is 132 Å². The molecule has 0 aromatic carbocycles. The van der Waals surface area contributed by atoms with Crippen molar-refractivity contribution in [2.45, 2.75) is 59.8 Å². The van der Waals surface area contributed by atoms with Crippen LogP contribution < -0.4 is 5.32 Å². The highest BCUT2D eigenvalue weighted by Gasteiger charge is 2.32. The third kappa shape index (κ3) is 6.68. The highest BCUT2D eigenvalue weighted by atomic mass is 32.2. The first-order valence-electron chi connectivity index (χ1n) is 8.80. The van der Waals surface area contributed by atoms with Gasteiger partial charge in [-0.1, -0.05) is 27.7 Å². The van der Waals surface area contributed by atoms with Gasteiger partial charge < -0.3 is 5.32 Å². The average molecular weight is 318 g/mol. The molecule has 0 radical (unpaired) electrons. The summed E-state index contributed by atoms with van der Waals surface area (Å²) in [5, 5.41) is 3.54. The Morgan fingerprint density at radius 3 is 2.43 bits per heavy atom. The number of hydrogen-bond donors (Lipinski definition) is 1. The summed E-state index contributed by atoms with van der Waals surface area (Å²) in [5.41, 5.74) is 0. The number of nitrogens with one attached hydrogen (secondary N) is 1. The summed E-state index contributed by atoms with van der Waals surface area (Å²) in [6, 6.07) is 0. The molecule has 3 nitrogen and oxygen atoms in total. The molecule has 3 atom stereocenters. The topological polar surface area (TPSA) is 46.2 Å². The van der Waals surface area contributed by atoms with Crippen molar-refractivity contribution in [3.63, 3.8) is 0 Å². The molecule has 0 heterocycles. The van der Waals surface area contributed by atoms with Gasteiger partial charge in [0, 0.05) is 5.75 Å². The minimum Gasteiger partial charge on any atom is -0.316 e. The van der Waals surface area contributed by atoms with Gasteiger partial charge in [-0.05, 0) is 68.9 Å². The van der Waals surface area contributed by atoms with Gasteiger partial charge in [0.2, 0.25) is 0 Å². The second-order valence-electron chi connectivity index (χ2n) is 7.07. The first-order chi connectivity index (χ1) is 9.89. The van der Waals surface area contributed by atoms with E-state index in [9.17, 15) is 8.42 Å². The summed E-state index contributed by atoms with van der Waals surface area (Å²) in [4.78, 5) is 0. The fraction of sp³-hybridized carbons (Fsp3) is 1.00. The van der Waals surface area contributed by atoms with E-state index in [0.29, 0.717) is 17.6 Å². The highest BCUT2D eigenvalue weighted by molar-refractivity contribution is 7.91. The van der Waals surface area contributed by atoms with Crippen LogP contribution in [0.15, 0.2) is 0 Å². The van der Waals surface area contributed by atoms with Crippen LogP contribution in [0.1, 0.15) is 59.8 Å². The molecule has 0 aromatic rings. The van der Waals surface area contributed by atoms with Crippen LogP contribution in [0.2, 0.25) is 0 Å². The van der Waals surface area contributed by atoms with E-state index < -0.39 is 9.84 Å². The lowest BCUT2D eigenvalue weighted by Gasteiger charge is -2.38. The Morgan fingerprint density at radius 1 is 1.14 bits per heavy atom. The Bertz CT molecular complexity index is 378. The van der Waals surface area contributed by atoms with E-state index >= 15 is 0 Å². The van der Waals surface area contributed by atoms with E-state index in [1.165, 1.54) is 19.3 Å². The third-order valence-electron chi connectivity index (χ3n) is 5.20. The molecule has 126 valence electrons. The molecule has 1 N–H and O–H groups in total. The lowest BCUT2D eigenvalue weighted by Crippen LogP contribution is -2.35. The molecule has 1 aliphatic rings. The average Bonchev–Trinajstić information content (AvgIpc) is 2.46. The highest BCUT2D eigenvalue weighted by Crippen LogP contribution is 2.39. The molecule has 1 aliphatic carbocycles. The van der Waals surface area contributed by atoms with Gasteiger partial charge in [0.05, 0.1) is 5.75 Å². The van der Waals surface area contributed by atoms with E-state index in [-0.39, 0.29) is 5.75 Å². The maximum atomic E-state index is 11.8. The molecule has 0 aliphatic heterocycles.